The SMILES string of the molecule is COc1ccc2c(c1N1CCC(Cl)CC1)[C@@H](C)N1CCc3cc4c(cc3C1=C2)OCO4. The van der Waals surface area contributed by atoms with Crippen LogP contribution in [0.1, 0.15) is 48.1 Å². The fraction of sp³-hybridized carbons (Fsp3) is 0.440. The van der Waals surface area contributed by atoms with Crippen molar-refractivity contribution >= 4 is 29.1 Å². The number of methoxy groups -OCH3 is 1. The van der Waals surface area contributed by atoms with Crippen LogP contribution < -0.4 is 19.1 Å². The Morgan fingerprint density at radius 2 is 1.84 bits per heavy atom. The molecule has 6 heteroatoms. The second kappa shape index (κ2) is 7.27. The lowest BCUT2D eigenvalue weighted by Gasteiger charge is -2.44. The monoisotopic (exact) mass is 438 g/mol. The molecule has 0 saturated carbocycles. The Morgan fingerprint density at radius 3 is 2.61 bits per heavy atom. The molecule has 2 aromatic carbocycles. The molecule has 162 valence electrons. The molecule has 0 radical (unpaired) electrons. The number of fused-ring (bicyclic) bond motifs is 5. The van der Waals surface area contributed by atoms with Crippen LogP contribution in [0.15, 0.2) is 24.3 Å². The third-order valence-electron chi connectivity index (χ3n) is 7.16. The largest absolute Gasteiger partial charge is 0.495 e. The van der Waals surface area contributed by atoms with Gasteiger partial charge < -0.3 is 24.0 Å². The minimum Gasteiger partial charge on any atom is -0.495 e. The highest BCUT2D eigenvalue weighted by atomic mass is 35.5. The van der Waals surface area contributed by atoms with Gasteiger partial charge in [-0.15, -0.1) is 11.6 Å². The van der Waals surface area contributed by atoms with Crippen LogP contribution >= 0.6 is 11.6 Å². The second-order valence-corrected chi connectivity index (χ2v) is 9.41. The summed E-state index contributed by atoms with van der Waals surface area (Å²) in [5.41, 5.74) is 7.74. The average molecular weight is 439 g/mol. The Labute approximate surface area is 188 Å². The molecular weight excluding hydrogens is 412 g/mol. The van der Waals surface area contributed by atoms with Gasteiger partial charge in [-0.3, -0.25) is 0 Å². The van der Waals surface area contributed by atoms with Gasteiger partial charge in [-0.2, -0.15) is 0 Å². The number of ether oxygens (including phenoxy) is 3. The smallest absolute Gasteiger partial charge is 0.231 e. The fourth-order valence-corrected chi connectivity index (χ4v) is 5.74. The molecule has 0 amide bonds. The first-order valence-corrected chi connectivity index (χ1v) is 11.6. The Balaban J connectivity index is 1.49. The summed E-state index contributed by atoms with van der Waals surface area (Å²) < 4.78 is 17.1. The summed E-state index contributed by atoms with van der Waals surface area (Å²) in [6.45, 7) is 5.55. The first-order valence-electron chi connectivity index (χ1n) is 11.1. The topological polar surface area (TPSA) is 34.2 Å². The summed E-state index contributed by atoms with van der Waals surface area (Å²) >= 11 is 6.40. The van der Waals surface area contributed by atoms with Gasteiger partial charge in [-0.05, 0) is 61.6 Å². The molecule has 4 heterocycles. The average Bonchev–Trinajstić information content (AvgIpc) is 3.25. The predicted octanol–water partition coefficient (Wildman–Crippen LogP) is 5.06. The molecule has 0 unspecified atom stereocenters. The molecule has 4 aliphatic rings. The van der Waals surface area contributed by atoms with Gasteiger partial charge in [-0.25, -0.2) is 0 Å². The molecule has 0 N–H and O–H groups in total. The lowest BCUT2D eigenvalue weighted by atomic mass is 9.85. The van der Waals surface area contributed by atoms with Gasteiger partial charge in [0.05, 0.1) is 18.8 Å². The molecular formula is C25H27ClN2O3. The van der Waals surface area contributed by atoms with Crippen LogP contribution in [0.4, 0.5) is 5.69 Å². The molecule has 5 nitrogen and oxygen atoms in total. The van der Waals surface area contributed by atoms with E-state index < -0.39 is 0 Å². The van der Waals surface area contributed by atoms with Gasteiger partial charge in [-0.1, -0.05) is 6.07 Å². The van der Waals surface area contributed by atoms with Crippen LogP contribution in [0.5, 0.6) is 17.2 Å². The van der Waals surface area contributed by atoms with E-state index in [1.165, 1.54) is 33.6 Å². The molecule has 0 aromatic heterocycles. The quantitative estimate of drug-likeness (QED) is 0.612. The van der Waals surface area contributed by atoms with Crippen LogP contribution in [0, 0.1) is 0 Å². The number of alkyl halides is 1. The van der Waals surface area contributed by atoms with Crippen LogP contribution in [-0.4, -0.2) is 43.8 Å². The standard InChI is InChI=1S/C25H27ClN2O3/c1-15-24-17(3-4-21(29-2)25(24)27-8-6-18(26)7-9-27)11-20-19-13-23-22(30-14-31-23)12-16(19)5-10-28(15)20/h3-4,11-13,15,18H,5-10,14H2,1-2H3/t15-/m1/s1. The molecule has 4 aliphatic heterocycles. The zero-order valence-corrected chi connectivity index (χ0v) is 18.7. The van der Waals surface area contributed by atoms with E-state index in [1.54, 1.807) is 7.11 Å². The number of hydrogen-bond acceptors (Lipinski definition) is 5. The summed E-state index contributed by atoms with van der Waals surface area (Å²) in [7, 11) is 1.77. The number of benzene rings is 2. The van der Waals surface area contributed by atoms with Crippen LogP contribution in [0.25, 0.3) is 11.8 Å². The number of halogens is 1. The Bertz CT molecular complexity index is 1070. The fourth-order valence-electron chi connectivity index (χ4n) is 5.54. The van der Waals surface area contributed by atoms with Crippen LogP contribution in [0.3, 0.4) is 0 Å². The Hall–Kier alpha value is -2.53. The summed E-state index contributed by atoms with van der Waals surface area (Å²) in [4.78, 5) is 5.01. The number of anilines is 1. The lowest BCUT2D eigenvalue weighted by Crippen LogP contribution is -2.38. The highest BCUT2D eigenvalue weighted by Gasteiger charge is 2.35. The molecule has 2 aromatic rings. The van der Waals surface area contributed by atoms with Crippen molar-refractivity contribution in [3.63, 3.8) is 0 Å². The second-order valence-electron chi connectivity index (χ2n) is 8.79. The number of piperidine rings is 1. The molecule has 6 rings (SSSR count). The molecule has 31 heavy (non-hydrogen) atoms. The van der Waals surface area contributed by atoms with Gasteiger partial charge in [0.2, 0.25) is 6.79 Å². The third-order valence-corrected chi connectivity index (χ3v) is 7.59. The predicted molar refractivity (Wildman–Crippen MR) is 123 cm³/mol. The van der Waals surface area contributed by atoms with E-state index in [0.717, 1.165) is 56.1 Å². The number of nitrogens with zero attached hydrogens (tertiary/aromatic N) is 2. The van der Waals surface area contributed by atoms with E-state index in [0.29, 0.717) is 6.79 Å². The van der Waals surface area contributed by atoms with E-state index >= 15 is 0 Å². The van der Waals surface area contributed by atoms with Crippen molar-refractivity contribution in [2.45, 2.75) is 37.6 Å². The summed E-state index contributed by atoms with van der Waals surface area (Å²) in [6, 6.07) is 8.89. The van der Waals surface area contributed by atoms with Crippen molar-refractivity contribution in [3.05, 3.63) is 46.5 Å². The lowest BCUT2D eigenvalue weighted by molar-refractivity contribution is 0.174. The molecule has 1 atom stereocenters. The summed E-state index contributed by atoms with van der Waals surface area (Å²) in [5.74, 6) is 2.67. The van der Waals surface area contributed by atoms with Gasteiger partial charge in [0.15, 0.2) is 11.5 Å². The highest BCUT2D eigenvalue weighted by Crippen LogP contribution is 2.50. The van der Waals surface area contributed by atoms with E-state index in [4.69, 9.17) is 25.8 Å². The van der Waals surface area contributed by atoms with E-state index in [9.17, 15) is 0 Å². The van der Waals surface area contributed by atoms with Crippen molar-refractivity contribution in [2.75, 3.05) is 38.4 Å². The first-order chi connectivity index (χ1) is 15.1. The van der Waals surface area contributed by atoms with Gasteiger partial charge in [0, 0.05) is 41.8 Å². The molecule has 1 fully saturated rings. The van der Waals surface area contributed by atoms with Crippen molar-refractivity contribution in [1.29, 1.82) is 0 Å². The van der Waals surface area contributed by atoms with Crippen molar-refractivity contribution in [1.82, 2.24) is 4.90 Å². The van der Waals surface area contributed by atoms with E-state index in [2.05, 4.69) is 47.1 Å². The van der Waals surface area contributed by atoms with Gasteiger partial charge in [0.1, 0.15) is 5.75 Å². The third kappa shape index (κ3) is 2.97. The Kier molecular flexibility index (Phi) is 4.49. The van der Waals surface area contributed by atoms with E-state index in [1.807, 2.05) is 0 Å². The first kappa shape index (κ1) is 19.2. The van der Waals surface area contributed by atoms with Crippen molar-refractivity contribution in [2.24, 2.45) is 0 Å². The number of hydrogen-bond donors (Lipinski definition) is 0. The minimum atomic E-state index is 0.257. The maximum Gasteiger partial charge on any atom is 0.231 e. The molecule has 0 spiro atoms. The van der Waals surface area contributed by atoms with Crippen LogP contribution in [-0.2, 0) is 6.42 Å². The van der Waals surface area contributed by atoms with E-state index in [-0.39, 0.29) is 11.4 Å². The zero-order valence-electron chi connectivity index (χ0n) is 18.0. The van der Waals surface area contributed by atoms with Crippen LogP contribution in [0.2, 0.25) is 0 Å². The molecule has 0 bridgehead atoms. The maximum absolute atomic E-state index is 6.40. The molecule has 1 saturated heterocycles. The normalized spacial score (nSPS) is 21.9. The Morgan fingerprint density at radius 1 is 1.06 bits per heavy atom. The summed E-state index contributed by atoms with van der Waals surface area (Å²) in [6.07, 6.45) is 5.36. The number of rotatable bonds is 2. The minimum absolute atomic E-state index is 0.257. The van der Waals surface area contributed by atoms with Crippen molar-refractivity contribution < 1.29 is 14.2 Å². The van der Waals surface area contributed by atoms with Crippen molar-refractivity contribution in [3.8, 4) is 17.2 Å². The van der Waals surface area contributed by atoms with Gasteiger partial charge in [0.25, 0.3) is 0 Å². The molecule has 0 aliphatic carbocycles. The maximum atomic E-state index is 6.40. The van der Waals surface area contributed by atoms with Gasteiger partial charge >= 0.3 is 0 Å². The zero-order chi connectivity index (χ0) is 21.1. The summed E-state index contributed by atoms with van der Waals surface area (Å²) in [5, 5.41) is 0.275. The highest BCUT2D eigenvalue weighted by molar-refractivity contribution is 6.20.